The predicted molar refractivity (Wildman–Crippen MR) is 105 cm³/mol. The van der Waals surface area contributed by atoms with E-state index < -0.39 is 23.2 Å². The van der Waals surface area contributed by atoms with Gasteiger partial charge in [0.25, 0.3) is 5.91 Å². The van der Waals surface area contributed by atoms with E-state index in [-0.39, 0.29) is 5.91 Å². The van der Waals surface area contributed by atoms with Crippen molar-refractivity contribution < 1.29 is 19.5 Å². The molecule has 0 spiro atoms. The Morgan fingerprint density at radius 1 is 1.00 bits per heavy atom. The molecule has 0 saturated carbocycles. The molecule has 6 nitrogen and oxygen atoms in total. The van der Waals surface area contributed by atoms with Gasteiger partial charge in [-0.2, -0.15) is 0 Å². The first-order valence-electron chi connectivity index (χ1n) is 8.49. The standard InChI is InChI=1S/C20H22N2O4S/c1-13(18(23)21-12-15-8-4-3-5-9-15)22-19(24)16-10-6-7-11-17(16)27-14(2)20(25)26/h3-11,13-14H,12H2,1-2H3,(H,21,23)(H,22,24)(H,25,26). The number of carbonyl (C=O) groups is 3. The molecule has 0 aliphatic rings. The summed E-state index contributed by atoms with van der Waals surface area (Å²) in [7, 11) is 0. The van der Waals surface area contributed by atoms with Crippen molar-refractivity contribution in [1.29, 1.82) is 0 Å². The Kier molecular flexibility index (Phi) is 7.43. The van der Waals surface area contributed by atoms with Gasteiger partial charge in [-0.05, 0) is 31.5 Å². The zero-order valence-electron chi connectivity index (χ0n) is 15.1. The fraction of sp³-hybridized carbons (Fsp3) is 0.250. The van der Waals surface area contributed by atoms with E-state index in [1.54, 1.807) is 38.1 Å². The van der Waals surface area contributed by atoms with Crippen molar-refractivity contribution in [2.75, 3.05) is 0 Å². The first-order valence-corrected chi connectivity index (χ1v) is 9.37. The van der Waals surface area contributed by atoms with Gasteiger partial charge in [-0.25, -0.2) is 0 Å². The molecule has 142 valence electrons. The molecule has 2 rings (SSSR count). The zero-order valence-corrected chi connectivity index (χ0v) is 16.0. The molecule has 2 aromatic rings. The molecule has 0 aliphatic carbocycles. The minimum Gasteiger partial charge on any atom is -0.480 e. The van der Waals surface area contributed by atoms with Gasteiger partial charge in [0.15, 0.2) is 0 Å². The first kappa shape index (κ1) is 20.5. The SMILES string of the molecule is CC(NC(=O)c1ccccc1SC(C)C(=O)O)C(=O)NCc1ccccc1. The average Bonchev–Trinajstić information content (AvgIpc) is 2.67. The minimum atomic E-state index is -0.955. The molecule has 0 aliphatic heterocycles. The van der Waals surface area contributed by atoms with Gasteiger partial charge in [-0.1, -0.05) is 42.5 Å². The molecular formula is C20H22N2O4S. The fourth-order valence-corrected chi connectivity index (χ4v) is 3.20. The van der Waals surface area contributed by atoms with Crippen molar-refractivity contribution in [2.45, 2.75) is 36.6 Å². The molecule has 0 heterocycles. The molecule has 0 aromatic heterocycles. The smallest absolute Gasteiger partial charge is 0.316 e. The second-order valence-electron chi connectivity index (χ2n) is 5.99. The molecule has 7 heteroatoms. The monoisotopic (exact) mass is 386 g/mol. The molecule has 0 radical (unpaired) electrons. The number of carbonyl (C=O) groups excluding carboxylic acids is 2. The Hall–Kier alpha value is -2.80. The molecular weight excluding hydrogens is 364 g/mol. The van der Waals surface area contributed by atoms with Crippen LogP contribution in [0.1, 0.15) is 29.8 Å². The van der Waals surface area contributed by atoms with Crippen LogP contribution in [0, 0.1) is 0 Å². The number of hydrogen-bond donors (Lipinski definition) is 3. The predicted octanol–water partition coefficient (Wildman–Crippen LogP) is 2.69. The summed E-state index contributed by atoms with van der Waals surface area (Å²) >= 11 is 1.09. The summed E-state index contributed by atoms with van der Waals surface area (Å²) in [6.45, 7) is 3.54. The highest BCUT2D eigenvalue weighted by Gasteiger charge is 2.21. The van der Waals surface area contributed by atoms with Crippen molar-refractivity contribution in [1.82, 2.24) is 10.6 Å². The van der Waals surface area contributed by atoms with Crippen LogP contribution < -0.4 is 10.6 Å². The second kappa shape index (κ2) is 9.78. The van der Waals surface area contributed by atoms with Crippen LogP contribution in [0.4, 0.5) is 0 Å². The highest BCUT2D eigenvalue weighted by molar-refractivity contribution is 8.00. The van der Waals surface area contributed by atoms with Crippen LogP contribution in [-0.2, 0) is 16.1 Å². The number of hydrogen-bond acceptors (Lipinski definition) is 4. The molecule has 0 bridgehead atoms. The Labute approximate surface area is 162 Å². The van der Waals surface area contributed by atoms with Crippen LogP contribution in [0.2, 0.25) is 0 Å². The van der Waals surface area contributed by atoms with E-state index in [0.717, 1.165) is 17.3 Å². The molecule has 2 amide bonds. The van der Waals surface area contributed by atoms with Crippen molar-refractivity contribution in [3.63, 3.8) is 0 Å². The van der Waals surface area contributed by atoms with E-state index in [1.165, 1.54) is 0 Å². The number of benzene rings is 2. The molecule has 27 heavy (non-hydrogen) atoms. The van der Waals surface area contributed by atoms with E-state index >= 15 is 0 Å². The Bertz CT molecular complexity index is 811. The number of thioether (sulfide) groups is 1. The largest absolute Gasteiger partial charge is 0.480 e. The van der Waals surface area contributed by atoms with Crippen LogP contribution in [0.3, 0.4) is 0 Å². The van der Waals surface area contributed by atoms with Gasteiger partial charge in [0.05, 0.1) is 5.56 Å². The maximum Gasteiger partial charge on any atom is 0.316 e. The first-order chi connectivity index (χ1) is 12.9. The summed E-state index contributed by atoms with van der Waals surface area (Å²) in [6, 6.07) is 15.5. The maximum atomic E-state index is 12.6. The third-order valence-corrected chi connectivity index (χ3v) is 5.00. The maximum absolute atomic E-state index is 12.6. The van der Waals surface area contributed by atoms with Crippen LogP contribution in [0.25, 0.3) is 0 Å². The highest BCUT2D eigenvalue weighted by atomic mass is 32.2. The summed E-state index contributed by atoms with van der Waals surface area (Å²) < 4.78 is 0. The molecule has 2 aromatic carbocycles. The van der Waals surface area contributed by atoms with Gasteiger partial charge < -0.3 is 15.7 Å². The lowest BCUT2D eigenvalue weighted by molar-refractivity contribution is -0.136. The van der Waals surface area contributed by atoms with E-state index in [2.05, 4.69) is 10.6 Å². The van der Waals surface area contributed by atoms with Crippen LogP contribution in [-0.4, -0.2) is 34.2 Å². The molecule has 2 atom stereocenters. The second-order valence-corrected chi connectivity index (χ2v) is 7.38. The number of carboxylic acids is 1. The molecule has 0 saturated heterocycles. The van der Waals surface area contributed by atoms with Crippen molar-refractivity contribution in [3.8, 4) is 0 Å². The summed E-state index contributed by atoms with van der Waals surface area (Å²) in [5.41, 5.74) is 1.31. The third kappa shape index (κ3) is 6.14. The number of amides is 2. The van der Waals surface area contributed by atoms with Crippen molar-refractivity contribution in [3.05, 3.63) is 65.7 Å². The lowest BCUT2D eigenvalue weighted by Gasteiger charge is -2.16. The number of rotatable bonds is 8. The third-order valence-electron chi connectivity index (χ3n) is 3.83. The van der Waals surface area contributed by atoms with Crippen molar-refractivity contribution in [2.24, 2.45) is 0 Å². The van der Waals surface area contributed by atoms with Gasteiger partial charge in [-0.15, -0.1) is 11.8 Å². The van der Waals surface area contributed by atoms with E-state index in [0.29, 0.717) is 17.0 Å². The van der Waals surface area contributed by atoms with Crippen LogP contribution >= 0.6 is 11.8 Å². The van der Waals surface area contributed by atoms with E-state index in [1.807, 2.05) is 30.3 Å². The summed E-state index contributed by atoms with van der Waals surface area (Å²) in [4.78, 5) is 36.4. The zero-order chi connectivity index (χ0) is 19.8. The van der Waals surface area contributed by atoms with Gasteiger partial charge in [0.1, 0.15) is 11.3 Å². The Balaban J connectivity index is 1.97. The number of carboxylic acid groups (broad SMARTS) is 1. The van der Waals surface area contributed by atoms with Gasteiger partial charge >= 0.3 is 5.97 Å². The topological polar surface area (TPSA) is 95.5 Å². The number of aliphatic carboxylic acids is 1. The van der Waals surface area contributed by atoms with E-state index in [4.69, 9.17) is 5.11 Å². The lowest BCUT2D eigenvalue weighted by Crippen LogP contribution is -2.44. The Morgan fingerprint density at radius 3 is 2.30 bits per heavy atom. The minimum absolute atomic E-state index is 0.295. The van der Waals surface area contributed by atoms with Gasteiger partial charge in [-0.3, -0.25) is 14.4 Å². The molecule has 0 fully saturated rings. The normalized spacial score (nSPS) is 12.7. The van der Waals surface area contributed by atoms with Crippen LogP contribution in [0.5, 0.6) is 0 Å². The summed E-state index contributed by atoms with van der Waals surface area (Å²) in [5, 5.41) is 13.8. The Morgan fingerprint density at radius 2 is 1.63 bits per heavy atom. The molecule has 2 unspecified atom stereocenters. The lowest BCUT2D eigenvalue weighted by atomic mass is 10.2. The number of nitrogens with one attached hydrogen (secondary N) is 2. The quantitative estimate of drug-likeness (QED) is 0.606. The van der Waals surface area contributed by atoms with Crippen molar-refractivity contribution >= 4 is 29.5 Å². The summed E-state index contributed by atoms with van der Waals surface area (Å²) in [6.07, 6.45) is 0. The fourth-order valence-electron chi connectivity index (χ4n) is 2.28. The van der Waals surface area contributed by atoms with Crippen LogP contribution in [0.15, 0.2) is 59.5 Å². The summed E-state index contributed by atoms with van der Waals surface area (Å²) in [5.74, 6) is -1.67. The van der Waals surface area contributed by atoms with Gasteiger partial charge in [0, 0.05) is 11.4 Å². The highest BCUT2D eigenvalue weighted by Crippen LogP contribution is 2.27. The van der Waals surface area contributed by atoms with Gasteiger partial charge in [0.2, 0.25) is 5.91 Å². The van der Waals surface area contributed by atoms with E-state index in [9.17, 15) is 14.4 Å². The molecule has 3 N–H and O–H groups in total. The average molecular weight is 386 g/mol.